The van der Waals surface area contributed by atoms with Crippen molar-refractivity contribution in [3.63, 3.8) is 0 Å². The zero-order valence-corrected chi connectivity index (χ0v) is 17.2. The van der Waals surface area contributed by atoms with Crippen molar-refractivity contribution >= 4 is 41.1 Å². The first-order chi connectivity index (χ1) is 14.2. The Kier molecular flexibility index (Phi) is 7.52. The Morgan fingerprint density at radius 3 is 1.24 bits per heavy atom. The Labute approximate surface area is 176 Å². The molecule has 4 rings (SSSR count). The van der Waals surface area contributed by atoms with Gasteiger partial charge < -0.3 is 0 Å². The topological polar surface area (TPSA) is 43.1 Å². The lowest BCUT2D eigenvalue weighted by atomic mass is 10.3. The van der Waals surface area contributed by atoms with Crippen LogP contribution in [0.1, 0.15) is 0 Å². The maximum Gasteiger partial charge on any atom is 0.287 e. The molecule has 0 radical (unpaired) electrons. The average molecular weight is 420 g/mol. The van der Waals surface area contributed by atoms with Crippen LogP contribution in [-0.4, -0.2) is 4.92 Å². The number of rotatable bonds is 4. The summed E-state index contributed by atoms with van der Waals surface area (Å²) < 4.78 is 0. The molecule has 0 atom stereocenters. The van der Waals surface area contributed by atoms with Gasteiger partial charge in [0.15, 0.2) is 0 Å². The van der Waals surface area contributed by atoms with Gasteiger partial charge in [-0.15, -0.1) is 0 Å². The van der Waals surface area contributed by atoms with Crippen LogP contribution in [0.5, 0.6) is 0 Å². The van der Waals surface area contributed by atoms with Crippen LogP contribution in [0.2, 0.25) is 5.02 Å². The van der Waals surface area contributed by atoms with Crippen molar-refractivity contribution < 1.29 is 4.92 Å². The van der Waals surface area contributed by atoms with Crippen LogP contribution < -0.4 is 15.9 Å². The Balaban J connectivity index is 0.000000204. The molecule has 0 heterocycles. The van der Waals surface area contributed by atoms with Crippen molar-refractivity contribution in [3.05, 3.63) is 130 Å². The van der Waals surface area contributed by atoms with Crippen molar-refractivity contribution in [2.24, 2.45) is 0 Å². The first-order valence-electron chi connectivity index (χ1n) is 9.01. The molecule has 0 saturated carbocycles. The zero-order valence-electron chi connectivity index (χ0n) is 15.6. The summed E-state index contributed by atoms with van der Waals surface area (Å²) in [5.74, 6) is 0. The van der Waals surface area contributed by atoms with Gasteiger partial charge in [0.05, 0.1) is 4.92 Å². The Bertz CT molecular complexity index is 950. The van der Waals surface area contributed by atoms with Crippen LogP contribution in [-0.2, 0) is 0 Å². The lowest BCUT2D eigenvalue weighted by molar-refractivity contribution is -0.384. The predicted octanol–water partition coefficient (Wildman–Crippen LogP) is 5.69. The SMILES string of the molecule is O=[N+]([O-])c1ccccc1Cl.c1ccc(P(c2ccccc2)c2ccccc2)cc1. The molecule has 0 fully saturated rings. The number of hydrogen-bond acceptors (Lipinski definition) is 2. The largest absolute Gasteiger partial charge is 0.287 e. The fourth-order valence-corrected chi connectivity index (χ4v) is 5.29. The molecule has 0 aromatic heterocycles. The first kappa shape index (κ1) is 20.7. The molecule has 0 aliphatic carbocycles. The van der Waals surface area contributed by atoms with Crippen molar-refractivity contribution in [3.8, 4) is 0 Å². The Morgan fingerprint density at radius 2 is 0.931 bits per heavy atom. The molecular weight excluding hydrogens is 401 g/mol. The molecule has 0 spiro atoms. The van der Waals surface area contributed by atoms with Gasteiger partial charge in [0.25, 0.3) is 5.69 Å². The molecule has 29 heavy (non-hydrogen) atoms. The summed E-state index contributed by atoms with van der Waals surface area (Å²) in [6.07, 6.45) is 0. The fraction of sp³-hybridized carbons (Fsp3) is 0. The van der Waals surface area contributed by atoms with E-state index in [1.165, 1.54) is 28.0 Å². The van der Waals surface area contributed by atoms with Crippen LogP contribution >= 0.6 is 19.5 Å². The number of nitro benzene ring substituents is 1. The second-order valence-corrected chi connectivity index (χ2v) is 8.68. The summed E-state index contributed by atoms with van der Waals surface area (Å²) >= 11 is 5.48. The van der Waals surface area contributed by atoms with Crippen LogP contribution in [0, 0.1) is 10.1 Å². The van der Waals surface area contributed by atoms with E-state index in [2.05, 4.69) is 91.0 Å². The number of benzene rings is 4. The Hall–Kier alpha value is -3.00. The van der Waals surface area contributed by atoms with Gasteiger partial charge in [-0.1, -0.05) is 115 Å². The third kappa shape index (κ3) is 5.74. The van der Waals surface area contributed by atoms with Gasteiger partial charge in [-0.05, 0) is 29.9 Å². The highest BCUT2D eigenvalue weighted by Gasteiger charge is 2.15. The molecule has 0 N–H and O–H groups in total. The van der Waals surface area contributed by atoms with Crippen LogP contribution in [0.15, 0.2) is 115 Å². The molecular formula is C24H19ClNO2P. The van der Waals surface area contributed by atoms with Crippen molar-refractivity contribution in [2.45, 2.75) is 0 Å². The molecule has 0 amide bonds. The lowest BCUT2D eigenvalue weighted by Crippen LogP contribution is -2.20. The van der Waals surface area contributed by atoms with Crippen molar-refractivity contribution in [1.29, 1.82) is 0 Å². The third-order valence-corrected chi connectivity index (χ3v) is 6.86. The number of nitro groups is 1. The normalized spacial score (nSPS) is 10.1. The second kappa shape index (κ2) is 10.5. The Morgan fingerprint density at radius 1 is 0.586 bits per heavy atom. The van der Waals surface area contributed by atoms with Gasteiger partial charge in [0, 0.05) is 6.07 Å². The molecule has 0 saturated heterocycles. The fourth-order valence-electron chi connectivity index (χ4n) is 2.78. The van der Waals surface area contributed by atoms with Crippen LogP contribution in [0.3, 0.4) is 0 Å². The number of nitrogens with zero attached hydrogens (tertiary/aromatic N) is 1. The molecule has 0 aliphatic rings. The summed E-state index contributed by atoms with van der Waals surface area (Å²) in [7, 11) is -0.446. The summed E-state index contributed by atoms with van der Waals surface area (Å²) in [5, 5.41) is 14.5. The minimum atomic E-state index is -0.512. The van der Waals surface area contributed by atoms with Gasteiger partial charge in [0.1, 0.15) is 5.02 Å². The first-order valence-corrected chi connectivity index (χ1v) is 10.7. The monoisotopic (exact) mass is 419 g/mol. The maximum atomic E-state index is 10.1. The molecule has 0 bridgehead atoms. The number of para-hydroxylation sites is 1. The molecule has 4 aromatic rings. The van der Waals surface area contributed by atoms with Gasteiger partial charge >= 0.3 is 0 Å². The van der Waals surface area contributed by atoms with E-state index in [0.717, 1.165) is 0 Å². The highest BCUT2D eigenvalue weighted by molar-refractivity contribution is 7.79. The minimum Gasteiger partial charge on any atom is -0.258 e. The predicted molar refractivity (Wildman–Crippen MR) is 123 cm³/mol. The van der Waals surface area contributed by atoms with Gasteiger partial charge in [-0.25, -0.2) is 0 Å². The van der Waals surface area contributed by atoms with E-state index in [4.69, 9.17) is 11.6 Å². The van der Waals surface area contributed by atoms with E-state index < -0.39 is 12.8 Å². The van der Waals surface area contributed by atoms with E-state index in [-0.39, 0.29) is 10.7 Å². The maximum absolute atomic E-state index is 10.1. The van der Waals surface area contributed by atoms with E-state index >= 15 is 0 Å². The van der Waals surface area contributed by atoms with Gasteiger partial charge in [-0.3, -0.25) is 10.1 Å². The van der Waals surface area contributed by atoms with E-state index in [1.807, 2.05) is 0 Å². The molecule has 4 aromatic carbocycles. The molecule has 0 aliphatic heterocycles. The highest BCUT2D eigenvalue weighted by Crippen LogP contribution is 2.32. The van der Waals surface area contributed by atoms with Crippen LogP contribution in [0.4, 0.5) is 5.69 Å². The van der Waals surface area contributed by atoms with Crippen molar-refractivity contribution in [1.82, 2.24) is 0 Å². The number of halogens is 1. The summed E-state index contributed by atoms with van der Waals surface area (Å²) in [6, 6.07) is 38.4. The summed E-state index contributed by atoms with van der Waals surface area (Å²) in [4.78, 5) is 9.63. The van der Waals surface area contributed by atoms with E-state index in [1.54, 1.807) is 12.1 Å². The summed E-state index contributed by atoms with van der Waals surface area (Å²) in [6.45, 7) is 0. The quantitative estimate of drug-likeness (QED) is 0.242. The van der Waals surface area contributed by atoms with Gasteiger partial charge in [-0.2, -0.15) is 0 Å². The lowest BCUT2D eigenvalue weighted by Gasteiger charge is -2.18. The number of hydrogen-bond donors (Lipinski definition) is 0. The zero-order chi connectivity index (χ0) is 20.5. The van der Waals surface area contributed by atoms with E-state index in [0.29, 0.717) is 0 Å². The van der Waals surface area contributed by atoms with E-state index in [9.17, 15) is 10.1 Å². The van der Waals surface area contributed by atoms with Crippen LogP contribution in [0.25, 0.3) is 0 Å². The highest BCUT2D eigenvalue weighted by atomic mass is 35.5. The molecule has 0 unspecified atom stereocenters. The molecule has 144 valence electrons. The summed E-state index contributed by atoms with van der Waals surface area (Å²) in [5.41, 5.74) is -0.0517. The smallest absolute Gasteiger partial charge is 0.258 e. The van der Waals surface area contributed by atoms with Crippen molar-refractivity contribution in [2.75, 3.05) is 0 Å². The average Bonchev–Trinajstić information content (AvgIpc) is 2.77. The molecule has 3 nitrogen and oxygen atoms in total. The van der Waals surface area contributed by atoms with Gasteiger partial charge in [0.2, 0.25) is 0 Å². The second-order valence-electron chi connectivity index (χ2n) is 6.05. The minimum absolute atomic E-state index is 0.0517. The third-order valence-electron chi connectivity index (χ3n) is 4.09. The standard InChI is InChI=1S/C18H15P.C6H4ClNO2/c1-4-10-16(11-5-1)19(17-12-6-2-7-13-17)18-14-8-3-9-15-18;7-5-3-1-2-4-6(5)8(9)10/h1-15H;1-4H. The molecule has 5 heteroatoms.